The van der Waals surface area contributed by atoms with E-state index in [4.69, 9.17) is 4.98 Å². The lowest BCUT2D eigenvalue weighted by Crippen LogP contribution is -2.51. The van der Waals surface area contributed by atoms with Crippen LogP contribution in [0.25, 0.3) is 5.57 Å². The number of aromatic nitrogens is 1. The van der Waals surface area contributed by atoms with Crippen molar-refractivity contribution in [1.29, 1.82) is 0 Å². The Labute approximate surface area is 268 Å². The molecule has 1 saturated carbocycles. The fraction of sp³-hybridized carbons (Fsp3) is 0.590. The van der Waals surface area contributed by atoms with Crippen LogP contribution in [0.1, 0.15) is 120 Å². The molecule has 1 aromatic carbocycles. The number of nitrogens with one attached hydrogen (secondary N) is 1. The van der Waals surface area contributed by atoms with E-state index < -0.39 is 0 Å². The molecule has 2 aromatic rings. The summed E-state index contributed by atoms with van der Waals surface area (Å²) in [6, 6.07) is 11.1. The van der Waals surface area contributed by atoms with Crippen molar-refractivity contribution in [3.8, 4) is 0 Å². The molecule has 3 heterocycles. The number of likely N-dealkylation sites (N-methyl/N-ethyl adjacent to an activating group) is 1. The largest absolute Gasteiger partial charge is 0.340 e. The van der Waals surface area contributed by atoms with Gasteiger partial charge in [-0.2, -0.15) is 0 Å². The highest BCUT2D eigenvalue weighted by atomic mass is 16.1. The van der Waals surface area contributed by atoms with Gasteiger partial charge in [-0.3, -0.25) is 9.78 Å². The average Bonchev–Trinajstić information content (AvgIpc) is 3.61. The number of aryl methyl sites for hydroxylation is 2. The molecule has 1 unspecified atom stereocenters. The number of benzene rings is 1. The second kappa shape index (κ2) is 14.9. The highest BCUT2D eigenvalue weighted by Crippen LogP contribution is 2.40. The monoisotopic (exact) mass is 599 g/mol. The van der Waals surface area contributed by atoms with Crippen LogP contribution in [0.3, 0.4) is 0 Å². The summed E-state index contributed by atoms with van der Waals surface area (Å²) < 4.78 is 0.954. The van der Waals surface area contributed by atoms with E-state index in [1.807, 2.05) is 13.0 Å². The number of rotatable bonds is 9. The van der Waals surface area contributed by atoms with Crippen molar-refractivity contribution in [3.05, 3.63) is 70.3 Å². The number of hydrogen-bond acceptors (Lipinski definition) is 4. The Morgan fingerprint density at radius 2 is 1.82 bits per heavy atom. The summed E-state index contributed by atoms with van der Waals surface area (Å²) in [5, 5.41) is 3.66. The Balaban J connectivity index is 0.000000818. The first-order valence-corrected chi connectivity index (χ1v) is 17.3. The molecule has 1 N–H and O–H groups in total. The maximum Gasteiger partial charge on any atom is 0.163 e. The number of fused-ring (bicyclic) bond motifs is 1. The molecule has 0 saturated heterocycles. The summed E-state index contributed by atoms with van der Waals surface area (Å²) >= 11 is 0. The van der Waals surface area contributed by atoms with Crippen LogP contribution in [0.15, 0.2) is 47.8 Å². The van der Waals surface area contributed by atoms with Crippen molar-refractivity contribution in [1.82, 2.24) is 4.98 Å². The molecule has 5 nitrogen and oxygen atoms in total. The lowest BCUT2D eigenvalue weighted by molar-refractivity contribution is -0.905. The molecule has 3 aliphatic rings. The van der Waals surface area contributed by atoms with Gasteiger partial charge in [-0.25, -0.2) is 0 Å². The lowest BCUT2D eigenvalue weighted by Gasteiger charge is -2.41. The number of ketones is 1. The summed E-state index contributed by atoms with van der Waals surface area (Å²) in [5.41, 5.74) is 9.23. The van der Waals surface area contributed by atoms with E-state index in [0.29, 0.717) is 12.5 Å². The van der Waals surface area contributed by atoms with Crippen LogP contribution in [-0.2, 0) is 0 Å². The molecular formula is C39H59N4O+. The Hall–Kier alpha value is -2.92. The van der Waals surface area contributed by atoms with E-state index in [2.05, 4.69) is 96.2 Å². The van der Waals surface area contributed by atoms with E-state index in [0.717, 1.165) is 65.6 Å². The zero-order valence-electron chi connectivity index (χ0n) is 29.2. The number of pyridine rings is 1. The minimum absolute atomic E-state index is 0.219. The van der Waals surface area contributed by atoms with Crippen LogP contribution in [0, 0.1) is 25.7 Å². The van der Waals surface area contributed by atoms with Gasteiger partial charge in [-0.15, -0.1) is 0 Å². The number of nitrogens with zero attached hydrogens (tertiary/aromatic N) is 3. The van der Waals surface area contributed by atoms with E-state index >= 15 is 0 Å². The fourth-order valence-corrected chi connectivity index (χ4v) is 6.65. The molecule has 2 aliphatic heterocycles. The lowest BCUT2D eigenvalue weighted by atomic mass is 9.89. The van der Waals surface area contributed by atoms with Crippen molar-refractivity contribution in [2.24, 2.45) is 11.8 Å². The number of allylic oxidation sites excluding steroid dienone is 1. The first kappa shape index (κ1) is 34.0. The van der Waals surface area contributed by atoms with Crippen LogP contribution in [0.4, 0.5) is 11.4 Å². The maximum atomic E-state index is 13.3. The molecule has 0 bridgehead atoms. The van der Waals surface area contributed by atoms with E-state index in [9.17, 15) is 4.79 Å². The first-order chi connectivity index (χ1) is 20.9. The number of Topliss-reactive ketones (excluding diaryl/α,β-unsaturated/α-hetero) is 1. The Kier molecular flexibility index (Phi) is 11.5. The van der Waals surface area contributed by atoms with Gasteiger partial charge in [0.2, 0.25) is 0 Å². The number of quaternary nitrogens is 1. The predicted octanol–water partition coefficient (Wildman–Crippen LogP) is 9.71. The quantitative estimate of drug-likeness (QED) is 0.177. The predicted molar refractivity (Wildman–Crippen MR) is 188 cm³/mol. The zero-order valence-corrected chi connectivity index (χ0v) is 29.2. The van der Waals surface area contributed by atoms with E-state index in [-0.39, 0.29) is 5.78 Å². The highest BCUT2D eigenvalue weighted by molar-refractivity contribution is 5.97. The van der Waals surface area contributed by atoms with Crippen molar-refractivity contribution in [2.45, 2.75) is 112 Å². The molecule has 5 rings (SSSR count). The average molecular weight is 600 g/mol. The van der Waals surface area contributed by atoms with E-state index in [1.54, 1.807) is 0 Å². The highest BCUT2D eigenvalue weighted by Gasteiger charge is 2.34. The summed E-state index contributed by atoms with van der Waals surface area (Å²) in [5.74, 6) is 3.06. The molecule has 0 radical (unpaired) electrons. The molecular weight excluding hydrogens is 540 g/mol. The van der Waals surface area contributed by atoms with Gasteiger partial charge in [0.25, 0.3) is 0 Å². The second-order valence-electron chi connectivity index (χ2n) is 14.6. The third-order valence-corrected chi connectivity index (χ3v) is 10.2. The number of carbonyl (C=O) groups excluding carboxylic acids is 1. The molecule has 5 heteroatoms. The Bertz CT molecular complexity index is 1360. The summed E-state index contributed by atoms with van der Waals surface area (Å²) in [6.07, 6.45) is 12.3. The van der Waals surface area contributed by atoms with Gasteiger partial charge >= 0.3 is 0 Å². The van der Waals surface area contributed by atoms with Crippen LogP contribution < -0.4 is 10.2 Å². The van der Waals surface area contributed by atoms with Gasteiger partial charge in [0, 0.05) is 36.2 Å². The molecule has 0 amide bonds. The minimum Gasteiger partial charge on any atom is -0.340 e. The van der Waals surface area contributed by atoms with Gasteiger partial charge in [0.05, 0.1) is 37.7 Å². The second-order valence-corrected chi connectivity index (χ2v) is 14.6. The topological polar surface area (TPSA) is 45.2 Å². The minimum atomic E-state index is 0.219. The van der Waals surface area contributed by atoms with Crippen LogP contribution in [0.5, 0.6) is 0 Å². The SMILES string of the molecule is CC1=C(c2cc(C(=O)CCC/C=C3/Nc4ccc(C)cc4N3CC3CCCC3)cc(C)n2)C(C)[N+](C)(C)CC1.CCC(C)C. The number of hydrogen-bond donors (Lipinski definition) is 1. The standard InChI is InChI=1S/C34H47N4O.C5H12/c1-23-15-16-29-31(19-23)37(22-27-11-7-8-12-27)33(36-29)14-10-9-13-32(39)28-20-25(3)35-30(21-28)34-24(2)17-18-38(5,6)26(34)4;1-4-5(2)3/h14-16,19-21,26-27,36H,7-13,17-18,22H2,1-6H3;5H,4H2,1-3H3/q+1;/b33-14-;. The van der Waals surface area contributed by atoms with Gasteiger partial charge < -0.3 is 14.7 Å². The zero-order chi connectivity index (χ0) is 32.0. The van der Waals surface area contributed by atoms with Crippen LogP contribution in [-0.4, -0.2) is 48.5 Å². The molecule has 44 heavy (non-hydrogen) atoms. The third kappa shape index (κ3) is 8.41. The van der Waals surface area contributed by atoms with Crippen molar-refractivity contribution in [2.75, 3.05) is 37.4 Å². The molecule has 1 fully saturated rings. The fourth-order valence-electron chi connectivity index (χ4n) is 6.65. The molecule has 1 aromatic heterocycles. The maximum absolute atomic E-state index is 13.3. The summed E-state index contributed by atoms with van der Waals surface area (Å²) in [7, 11) is 4.59. The van der Waals surface area contributed by atoms with Crippen LogP contribution in [0.2, 0.25) is 0 Å². The Morgan fingerprint density at radius 3 is 2.50 bits per heavy atom. The molecule has 1 aliphatic carbocycles. The number of anilines is 2. The number of unbranched alkanes of at least 4 members (excludes halogenated alkanes) is 1. The summed E-state index contributed by atoms with van der Waals surface area (Å²) in [6.45, 7) is 17.6. The van der Waals surface area contributed by atoms with Crippen molar-refractivity contribution >= 4 is 22.7 Å². The van der Waals surface area contributed by atoms with Gasteiger partial charge in [-0.1, -0.05) is 51.7 Å². The van der Waals surface area contributed by atoms with Crippen LogP contribution >= 0.6 is 0 Å². The van der Waals surface area contributed by atoms with Crippen molar-refractivity contribution in [3.63, 3.8) is 0 Å². The third-order valence-electron chi connectivity index (χ3n) is 10.2. The van der Waals surface area contributed by atoms with Crippen molar-refractivity contribution < 1.29 is 9.28 Å². The molecule has 0 spiro atoms. The summed E-state index contributed by atoms with van der Waals surface area (Å²) in [4.78, 5) is 20.7. The van der Waals surface area contributed by atoms with Gasteiger partial charge in [0.15, 0.2) is 5.78 Å². The normalized spacial score (nSPS) is 20.5. The van der Waals surface area contributed by atoms with Gasteiger partial charge in [-0.05, 0) is 101 Å². The Morgan fingerprint density at radius 1 is 1.11 bits per heavy atom. The smallest absolute Gasteiger partial charge is 0.163 e. The first-order valence-electron chi connectivity index (χ1n) is 17.3. The molecule has 240 valence electrons. The molecule has 1 atom stereocenters. The van der Waals surface area contributed by atoms with E-state index in [1.165, 1.54) is 66.0 Å². The van der Waals surface area contributed by atoms with Gasteiger partial charge in [0.1, 0.15) is 11.9 Å². The number of carbonyl (C=O) groups is 1.